The van der Waals surface area contributed by atoms with Gasteiger partial charge in [0.15, 0.2) is 0 Å². The van der Waals surface area contributed by atoms with Crippen molar-refractivity contribution in [1.82, 2.24) is 0 Å². The number of halogens is 1. The second-order valence-corrected chi connectivity index (χ2v) is 5.25. The Balaban J connectivity index is 2.05. The molecule has 4 heteroatoms. The van der Waals surface area contributed by atoms with Crippen LogP contribution in [0, 0.1) is 0 Å². The van der Waals surface area contributed by atoms with Gasteiger partial charge >= 0.3 is 0 Å². The van der Waals surface area contributed by atoms with Crippen molar-refractivity contribution in [3.8, 4) is 5.75 Å². The second-order valence-electron chi connectivity index (χ2n) is 4.98. The smallest absolute Gasteiger partial charge is 0.255 e. The molecule has 2 rings (SSSR count). The Morgan fingerprint density at radius 3 is 2.52 bits per heavy atom. The minimum atomic E-state index is -0.155. The Bertz CT molecular complexity index is 608. The fourth-order valence-electron chi connectivity index (χ4n) is 1.89. The number of amides is 1. The molecule has 0 radical (unpaired) electrons. The summed E-state index contributed by atoms with van der Waals surface area (Å²) in [5.74, 6) is 1.02. The molecule has 0 aliphatic rings. The first-order valence-electron chi connectivity index (χ1n) is 6.81. The van der Waals surface area contributed by atoms with Gasteiger partial charge in [0.05, 0.1) is 6.10 Å². The van der Waals surface area contributed by atoms with E-state index in [0.717, 1.165) is 17.0 Å². The van der Waals surface area contributed by atoms with E-state index in [0.29, 0.717) is 11.4 Å². The van der Waals surface area contributed by atoms with Crippen LogP contribution in [0.15, 0.2) is 48.5 Å². The highest BCUT2D eigenvalue weighted by atomic mass is 35.5. The number of benzene rings is 2. The predicted molar refractivity (Wildman–Crippen MR) is 86.2 cm³/mol. The second kappa shape index (κ2) is 7.14. The van der Waals surface area contributed by atoms with Gasteiger partial charge in [0.2, 0.25) is 0 Å². The molecule has 2 aromatic carbocycles. The topological polar surface area (TPSA) is 38.3 Å². The molecule has 0 aromatic heterocycles. The number of alkyl halides is 1. The first-order chi connectivity index (χ1) is 10.1. The molecule has 0 bridgehead atoms. The summed E-state index contributed by atoms with van der Waals surface area (Å²) in [5, 5.41) is 2.85. The lowest BCUT2D eigenvalue weighted by atomic mass is 10.2. The van der Waals surface area contributed by atoms with E-state index in [1.807, 2.05) is 38.1 Å². The molecule has 0 saturated heterocycles. The minimum absolute atomic E-state index is 0.114. The Morgan fingerprint density at radius 2 is 1.90 bits per heavy atom. The van der Waals surface area contributed by atoms with Crippen molar-refractivity contribution in [3.63, 3.8) is 0 Å². The van der Waals surface area contributed by atoms with Gasteiger partial charge in [-0.3, -0.25) is 4.79 Å². The van der Waals surface area contributed by atoms with Crippen LogP contribution >= 0.6 is 11.6 Å². The first-order valence-corrected chi connectivity index (χ1v) is 7.35. The lowest BCUT2D eigenvalue weighted by Gasteiger charge is -2.10. The Kier molecular flexibility index (Phi) is 5.23. The van der Waals surface area contributed by atoms with E-state index in [1.54, 1.807) is 24.3 Å². The van der Waals surface area contributed by atoms with Gasteiger partial charge in [0.1, 0.15) is 5.75 Å². The molecule has 0 saturated carbocycles. The van der Waals surface area contributed by atoms with Crippen LogP contribution in [0.5, 0.6) is 5.75 Å². The molecule has 0 atom stereocenters. The monoisotopic (exact) mass is 303 g/mol. The first kappa shape index (κ1) is 15.4. The molecule has 0 aliphatic carbocycles. The summed E-state index contributed by atoms with van der Waals surface area (Å²) in [5.41, 5.74) is 2.29. The van der Waals surface area contributed by atoms with Gasteiger partial charge in [-0.1, -0.05) is 12.1 Å². The van der Waals surface area contributed by atoms with Crippen molar-refractivity contribution in [3.05, 3.63) is 59.7 Å². The number of carbonyl (C=O) groups excluding carboxylic acids is 1. The van der Waals surface area contributed by atoms with Crippen molar-refractivity contribution < 1.29 is 9.53 Å². The number of carbonyl (C=O) groups is 1. The van der Waals surface area contributed by atoms with Crippen LogP contribution in [0.3, 0.4) is 0 Å². The number of ether oxygens (including phenoxy) is 1. The highest BCUT2D eigenvalue weighted by molar-refractivity contribution is 6.17. The third kappa shape index (κ3) is 4.50. The van der Waals surface area contributed by atoms with Crippen LogP contribution in [0.2, 0.25) is 0 Å². The van der Waals surface area contributed by atoms with E-state index >= 15 is 0 Å². The zero-order chi connectivity index (χ0) is 15.2. The number of rotatable bonds is 5. The van der Waals surface area contributed by atoms with Crippen molar-refractivity contribution in [2.75, 3.05) is 5.32 Å². The zero-order valence-corrected chi connectivity index (χ0v) is 12.9. The van der Waals surface area contributed by atoms with Gasteiger partial charge in [0.25, 0.3) is 5.91 Å². The Labute approximate surface area is 129 Å². The molecule has 2 aromatic rings. The largest absolute Gasteiger partial charge is 0.491 e. The van der Waals surface area contributed by atoms with Gasteiger partial charge in [0, 0.05) is 17.1 Å². The summed E-state index contributed by atoms with van der Waals surface area (Å²) in [7, 11) is 0. The fourth-order valence-corrected chi connectivity index (χ4v) is 2.06. The highest BCUT2D eigenvalue weighted by Gasteiger charge is 2.07. The van der Waals surface area contributed by atoms with Gasteiger partial charge < -0.3 is 10.1 Å². The van der Waals surface area contributed by atoms with Crippen molar-refractivity contribution >= 4 is 23.2 Å². The SMILES string of the molecule is CC(C)Oc1ccc(C(=O)Nc2cccc(CCl)c2)cc1. The van der Waals surface area contributed by atoms with Crippen LogP contribution < -0.4 is 10.1 Å². The van der Waals surface area contributed by atoms with Gasteiger partial charge in [-0.2, -0.15) is 0 Å². The van der Waals surface area contributed by atoms with Crippen molar-refractivity contribution in [1.29, 1.82) is 0 Å². The van der Waals surface area contributed by atoms with Crippen LogP contribution in [0.1, 0.15) is 29.8 Å². The minimum Gasteiger partial charge on any atom is -0.491 e. The van der Waals surface area contributed by atoms with Gasteiger partial charge in [-0.25, -0.2) is 0 Å². The summed E-state index contributed by atoms with van der Waals surface area (Å²) in [6, 6.07) is 14.6. The fraction of sp³-hybridized carbons (Fsp3) is 0.235. The van der Waals surface area contributed by atoms with E-state index in [-0.39, 0.29) is 12.0 Å². The van der Waals surface area contributed by atoms with Crippen LogP contribution in [-0.4, -0.2) is 12.0 Å². The molecule has 110 valence electrons. The number of hydrogen-bond acceptors (Lipinski definition) is 2. The summed E-state index contributed by atoms with van der Waals surface area (Å²) < 4.78 is 5.55. The molecular formula is C17H18ClNO2. The average Bonchev–Trinajstić information content (AvgIpc) is 2.47. The summed E-state index contributed by atoms with van der Waals surface area (Å²) in [6.45, 7) is 3.93. The average molecular weight is 304 g/mol. The molecule has 0 fully saturated rings. The van der Waals surface area contributed by atoms with Crippen LogP contribution in [0.4, 0.5) is 5.69 Å². The summed E-state index contributed by atoms with van der Waals surface area (Å²) >= 11 is 5.78. The van der Waals surface area contributed by atoms with E-state index in [2.05, 4.69) is 5.32 Å². The molecule has 0 unspecified atom stereocenters. The maximum absolute atomic E-state index is 12.2. The van der Waals surface area contributed by atoms with Crippen LogP contribution in [0.25, 0.3) is 0 Å². The molecule has 0 spiro atoms. The van der Waals surface area contributed by atoms with E-state index in [9.17, 15) is 4.79 Å². The Morgan fingerprint density at radius 1 is 1.19 bits per heavy atom. The maximum atomic E-state index is 12.2. The molecule has 21 heavy (non-hydrogen) atoms. The number of anilines is 1. The molecule has 3 nitrogen and oxygen atoms in total. The third-order valence-corrected chi connectivity index (χ3v) is 3.14. The van der Waals surface area contributed by atoms with Crippen molar-refractivity contribution in [2.24, 2.45) is 0 Å². The third-order valence-electron chi connectivity index (χ3n) is 2.83. The standard InChI is InChI=1S/C17H18ClNO2/c1-12(2)21-16-8-6-14(7-9-16)17(20)19-15-5-3-4-13(10-15)11-18/h3-10,12H,11H2,1-2H3,(H,19,20). The van der Waals surface area contributed by atoms with Crippen LogP contribution in [-0.2, 0) is 5.88 Å². The van der Waals surface area contributed by atoms with E-state index < -0.39 is 0 Å². The quantitative estimate of drug-likeness (QED) is 0.828. The van der Waals surface area contributed by atoms with Gasteiger partial charge in [-0.15, -0.1) is 11.6 Å². The Hall–Kier alpha value is -2.00. The maximum Gasteiger partial charge on any atom is 0.255 e. The van der Waals surface area contributed by atoms with E-state index in [4.69, 9.17) is 16.3 Å². The summed E-state index contributed by atoms with van der Waals surface area (Å²) in [6.07, 6.45) is 0.114. The van der Waals surface area contributed by atoms with Gasteiger partial charge in [-0.05, 0) is 55.8 Å². The lowest BCUT2D eigenvalue weighted by molar-refractivity contribution is 0.102. The number of hydrogen-bond donors (Lipinski definition) is 1. The summed E-state index contributed by atoms with van der Waals surface area (Å²) in [4.78, 5) is 12.2. The van der Waals surface area contributed by atoms with Crippen molar-refractivity contribution in [2.45, 2.75) is 25.8 Å². The normalized spacial score (nSPS) is 10.5. The molecular weight excluding hydrogens is 286 g/mol. The molecule has 0 aliphatic heterocycles. The molecule has 1 amide bonds. The molecule has 1 N–H and O–H groups in total. The molecule has 0 heterocycles. The number of nitrogens with one attached hydrogen (secondary N) is 1. The zero-order valence-electron chi connectivity index (χ0n) is 12.1. The van der Waals surface area contributed by atoms with E-state index in [1.165, 1.54) is 0 Å². The lowest BCUT2D eigenvalue weighted by Crippen LogP contribution is -2.12. The predicted octanol–water partition coefficient (Wildman–Crippen LogP) is 4.46. The highest BCUT2D eigenvalue weighted by Crippen LogP contribution is 2.16.